The number of thiophene rings is 1. The number of likely N-dealkylation sites (N-methyl/N-ethyl adjacent to an activating group) is 2. The number of aryl methyl sites for hydroxylation is 6. The molecule has 0 atom stereocenters. The number of esters is 1. The molecule has 0 fully saturated rings. The maximum Gasteiger partial charge on any atom is 0.302 e. The minimum atomic E-state index is -0.230. The maximum atomic E-state index is 10.6. The molecule has 11 rings (SSSR count). The van der Waals surface area contributed by atoms with E-state index in [1.54, 1.807) is 0 Å². The zero-order valence-electron chi connectivity index (χ0n) is 51.5. The lowest BCUT2D eigenvalue weighted by Gasteiger charge is -2.18. The average Bonchev–Trinajstić information content (AvgIpc) is 4.44. The first-order valence-electron chi connectivity index (χ1n) is 29.2. The van der Waals surface area contributed by atoms with Crippen molar-refractivity contribution in [3.05, 3.63) is 288 Å². The monoisotopic (exact) mass is 1160 g/mol. The van der Waals surface area contributed by atoms with Crippen LogP contribution in [0, 0.1) is 41.5 Å². The van der Waals surface area contributed by atoms with Gasteiger partial charge in [0, 0.05) is 73.3 Å². The Hall–Kier alpha value is -9.50. The molecule has 0 spiro atoms. The molecular weight excluding hydrogens is 1070 g/mol. The number of rotatable bonds is 14. The fraction of sp³-hybridized carbons (Fsp3) is 0.179. The molecule has 2 heterocycles. The summed E-state index contributed by atoms with van der Waals surface area (Å²) in [6, 6.07) is 88.9. The van der Waals surface area contributed by atoms with Crippen molar-refractivity contribution >= 4 is 34.6 Å². The average molecular weight is 1160 g/mol. The summed E-state index contributed by atoms with van der Waals surface area (Å²) in [5.74, 6) is 1.61. The fourth-order valence-corrected chi connectivity index (χ4v) is 9.88. The topological polar surface area (TPSA) is 75.0 Å². The number of benzene rings is 9. The Morgan fingerprint density at radius 2 is 0.663 bits per heavy atom. The van der Waals surface area contributed by atoms with Gasteiger partial charge in [-0.1, -0.05) is 240 Å². The third-order valence-corrected chi connectivity index (χ3v) is 15.3. The van der Waals surface area contributed by atoms with Gasteiger partial charge in [0.1, 0.15) is 18.1 Å². The molecule has 8 heteroatoms. The Labute approximate surface area is 515 Å². The second-order valence-corrected chi connectivity index (χ2v) is 22.5. The van der Waals surface area contributed by atoms with E-state index in [-0.39, 0.29) is 11.9 Å². The number of para-hydroxylation sites is 2. The summed E-state index contributed by atoms with van der Waals surface area (Å²) in [7, 11) is 3.98. The van der Waals surface area contributed by atoms with E-state index in [0.29, 0.717) is 19.7 Å². The number of anilines is 2. The van der Waals surface area contributed by atoms with Crippen LogP contribution in [0.3, 0.4) is 0 Å². The van der Waals surface area contributed by atoms with E-state index in [1.165, 1.54) is 90.4 Å². The molecule has 0 aliphatic carbocycles. The number of amides is 1. The molecule has 0 bridgehead atoms. The highest BCUT2D eigenvalue weighted by Crippen LogP contribution is 2.35. The molecule has 0 unspecified atom stereocenters. The highest BCUT2D eigenvalue weighted by molar-refractivity contribution is 7.18. The third-order valence-electron chi connectivity index (χ3n) is 14.2. The summed E-state index contributed by atoms with van der Waals surface area (Å²) in [4.78, 5) is 28.0. The molecule has 0 radical (unpaired) electrons. The van der Waals surface area contributed by atoms with Gasteiger partial charge in [0.05, 0.1) is 6.54 Å². The molecule has 86 heavy (non-hydrogen) atoms. The number of hydrogen-bond acceptors (Lipinski definition) is 7. The first kappa shape index (κ1) is 64.1. The minimum Gasteiger partial charge on any atom is -0.464 e. The van der Waals surface area contributed by atoms with Crippen molar-refractivity contribution < 1.29 is 18.7 Å². The van der Waals surface area contributed by atoms with Crippen LogP contribution in [-0.2, 0) is 14.3 Å². The highest BCUT2D eigenvalue weighted by atomic mass is 32.1. The number of furan rings is 1. The van der Waals surface area contributed by atoms with Crippen molar-refractivity contribution in [3.63, 3.8) is 0 Å². The van der Waals surface area contributed by atoms with Crippen LogP contribution in [0.5, 0.6) is 0 Å². The summed E-state index contributed by atoms with van der Waals surface area (Å²) in [6.45, 7) is 18.2. The SMILES string of the molecule is CC(=O)NCCN(C)c1ccccc1.CC(=O)OCCN(C)c1ccccc1.Cc1ccc(-c2ccc(-c3ccc(C)cc3)cc2)cc1.Cc1ccc(-c2ccc(-c3ccc(C)cc3)o2)cc1.Cc1ccc(-c2ccc(-c3ccc(C)cc3)s2)cc1. The summed E-state index contributed by atoms with van der Waals surface area (Å²) in [5.41, 5.74) is 19.9. The lowest BCUT2D eigenvalue weighted by Crippen LogP contribution is -2.31. The van der Waals surface area contributed by atoms with Crippen molar-refractivity contribution in [1.29, 1.82) is 0 Å². The van der Waals surface area contributed by atoms with E-state index in [1.807, 2.05) is 103 Å². The van der Waals surface area contributed by atoms with Crippen molar-refractivity contribution in [2.75, 3.05) is 50.1 Å². The number of carbonyl (C=O) groups is 2. The Kier molecular flexibility index (Phi) is 24.7. The normalized spacial score (nSPS) is 10.3. The summed E-state index contributed by atoms with van der Waals surface area (Å²) < 4.78 is 10.8. The van der Waals surface area contributed by atoms with Crippen LogP contribution in [0.25, 0.3) is 65.8 Å². The van der Waals surface area contributed by atoms with E-state index < -0.39 is 0 Å². The van der Waals surface area contributed by atoms with E-state index in [9.17, 15) is 9.59 Å². The van der Waals surface area contributed by atoms with Gasteiger partial charge in [0.2, 0.25) is 5.91 Å². The standard InChI is InChI=1S/C20H18.C18H16O.C18H16S.C11H16N2O.C11H15NO2/c1-15-3-7-17(8-4-15)19-11-13-20(14-12-19)18-9-5-16(2)6-10-18;2*1-13-3-7-15(8-4-13)17-11-12-18(19-17)16-9-5-14(2)6-10-16;1-10(14)12-8-9-13(2)11-6-4-3-5-7-11;1-10(13)14-9-8-12(2)11-6-4-3-5-7-11/h3-14H,1-2H3;2*3-12H,1-2H3;3-7H,8-9H2,1-2H3,(H,12,14);3-7H,8-9H2,1-2H3. The van der Waals surface area contributed by atoms with Gasteiger partial charge < -0.3 is 24.3 Å². The van der Waals surface area contributed by atoms with Gasteiger partial charge in [0.25, 0.3) is 0 Å². The molecular formula is C78H81N3O4S. The van der Waals surface area contributed by atoms with Crippen LogP contribution >= 0.6 is 11.3 Å². The van der Waals surface area contributed by atoms with Gasteiger partial charge in [0.15, 0.2) is 0 Å². The number of ether oxygens (including phenoxy) is 1. The van der Waals surface area contributed by atoms with Gasteiger partial charge in [-0.25, -0.2) is 0 Å². The lowest BCUT2D eigenvalue weighted by atomic mass is 9.99. The summed E-state index contributed by atoms with van der Waals surface area (Å²) in [6.07, 6.45) is 0. The molecule has 0 aliphatic rings. The van der Waals surface area contributed by atoms with Gasteiger partial charge >= 0.3 is 5.97 Å². The van der Waals surface area contributed by atoms with Gasteiger partial charge in [-0.2, -0.15) is 0 Å². The van der Waals surface area contributed by atoms with Crippen LogP contribution in [0.2, 0.25) is 0 Å². The van der Waals surface area contributed by atoms with Crippen LogP contribution in [0.1, 0.15) is 47.2 Å². The number of nitrogens with zero attached hydrogens (tertiary/aromatic N) is 2. The van der Waals surface area contributed by atoms with E-state index >= 15 is 0 Å². The zero-order valence-corrected chi connectivity index (χ0v) is 52.3. The first-order valence-corrected chi connectivity index (χ1v) is 30.0. The number of carbonyl (C=O) groups excluding carboxylic acids is 2. The summed E-state index contributed by atoms with van der Waals surface area (Å²) in [5, 5.41) is 2.77. The molecule has 0 saturated heterocycles. The van der Waals surface area contributed by atoms with E-state index in [0.717, 1.165) is 40.6 Å². The van der Waals surface area contributed by atoms with Crippen molar-refractivity contribution in [2.45, 2.75) is 55.4 Å². The third kappa shape index (κ3) is 21.0. The molecule has 438 valence electrons. The Balaban J connectivity index is 0.000000155. The number of nitrogens with one attached hydrogen (secondary N) is 1. The Morgan fingerprint density at radius 1 is 0.372 bits per heavy atom. The highest BCUT2D eigenvalue weighted by Gasteiger charge is 2.08. The van der Waals surface area contributed by atoms with E-state index in [2.05, 4.69) is 234 Å². The fourth-order valence-electron chi connectivity index (χ4n) is 8.86. The molecule has 11 aromatic rings. The molecule has 2 aromatic heterocycles. The minimum absolute atomic E-state index is 0.0199. The Bertz CT molecular complexity index is 3370. The lowest BCUT2D eigenvalue weighted by molar-refractivity contribution is -0.140. The maximum absolute atomic E-state index is 10.6. The van der Waals surface area contributed by atoms with Crippen LogP contribution in [0.4, 0.5) is 11.4 Å². The molecule has 1 amide bonds. The van der Waals surface area contributed by atoms with Gasteiger partial charge in [-0.3, -0.25) is 9.59 Å². The molecule has 7 nitrogen and oxygen atoms in total. The second kappa shape index (κ2) is 33.1. The van der Waals surface area contributed by atoms with Crippen molar-refractivity contribution in [2.24, 2.45) is 0 Å². The second-order valence-electron chi connectivity index (χ2n) is 21.4. The molecule has 0 saturated carbocycles. The van der Waals surface area contributed by atoms with Crippen molar-refractivity contribution in [1.82, 2.24) is 5.32 Å². The van der Waals surface area contributed by atoms with Gasteiger partial charge in [-0.15, -0.1) is 11.3 Å². The quantitative estimate of drug-likeness (QED) is 0.109. The van der Waals surface area contributed by atoms with Gasteiger partial charge in [-0.05, 0) is 123 Å². The smallest absolute Gasteiger partial charge is 0.302 e. The molecule has 1 N–H and O–H groups in total. The first-order chi connectivity index (χ1) is 41.6. The number of hydrogen-bond donors (Lipinski definition) is 1. The zero-order chi connectivity index (χ0) is 61.2. The Morgan fingerprint density at radius 3 is 0.977 bits per heavy atom. The van der Waals surface area contributed by atoms with Crippen LogP contribution in [-0.4, -0.2) is 52.2 Å². The van der Waals surface area contributed by atoms with Crippen molar-refractivity contribution in [3.8, 4) is 65.8 Å². The largest absolute Gasteiger partial charge is 0.464 e. The predicted octanol–water partition coefficient (Wildman–Crippen LogP) is 19.5. The molecule has 0 aliphatic heterocycles. The molecule has 9 aromatic carbocycles. The van der Waals surface area contributed by atoms with Crippen LogP contribution in [0.15, 0.2) is 259 Å². The van der Waals surface area contributed by atoms with Crippen LogP contribution < -0.4 is 15.1 Å². The summed E-state index contributed by atoms with van der Waals surface area (Å²) >= 11 is 1.85. The predicted molar refractivity (Wildman–Crippen MR) is 365 cm³/mol. The van der Waals surface area contributed by atoms with E-state index in [4.69, 9.17) is 9.15 Å².